The predicted octanol–water partition coefficient (Wildman–Crippen LogP) is 1.41. The van der Waals surface area contributed by atoms with E-state index < -0.39 is 0 Å². The second-order valence-corrected chi connectivity index (χ2v) is 3.93. The number of aliphatic hydroxyl groups is 1. The lowest BCUT2D eigenvalue weighted by atomic mass is 9.97. The number of fused-ring (bicyclic) bond motifs is 1. The van der Waals surface area contributed by atoms with E-state index in [1.165, 1.54) is 11.1 Å². The maximum atomic E-state index is 11.2. The number of rotatable bonds is 3. The highest BCUT2D eigenvalue weighted by Gasteiger charge is 2.20. The van der Waals surface area contributed by atoms with Crippen molar-refractivity contribution in [1.29, 1.82) is 0 Å². The largest absolute Gasteiger partial charge is 0.396 e. The van der Waals surface area contributed by atoms with Crippen LogP contribution in [0.3, 0.4) is 0 Å². The molecule has 0 atom stereocenters. The summed E-state index contributed by atoms with van der Waals surface area (Å²) in [5.41, 5.74) is 4.50. The van der Waals surface area contributed by atoms with Gasteiger partial charge in [0.05, 0.1) is 6.42 Å². The molecule has 80 valence electrons. The predicted molar refractivity (Wildman–Crippen MR) is 58.9 cm³/mol. The van der Waals surface area contributed by atoms with Gasteiger partial charge in [0, 0.05) is 12.3 Å². The molecule has 1 heterocycles. The monoisotopic (exact) mass is 205 g/mol. The first kappa shape index (κ1) is 10.2. The summed E-state index contributed by atoms with van der Waals surface area (Å²) in [5.74, 6) is 0.0763. The van der Waals surface area contributed by atoms with E-state index >= 15 is 0 Å². The average Bonchev–Trinajstić information content (AvgIpc) is 2.59. The van der Waals surface area contributed by atoms with Gasteiger partial charge in [0.15, 0.2) is 0 Å². The van der Waals surface area contributed by atoms with Crippen LogP contribution in [0.4, 0.5) is 5.69 Å². The Labute approximate surface area is 89.1 Å². The molecule has 3 heteroatoms. The molecule has 0 saturated carbocycles. The van der Waals surface area contributed by atoms with E-state index in [0.717, 1.165) is 24.1 Å². The Bertz CT molecular complexity index is 399. The molecule has 1 aromatic rings. The number of amides is 1. The van der Waals surface area contributed by atoms with E-state index in [0.29, 0.717) is 6.42 Å². The molecule has 0 aromatic heterocycles. The van der Waals surface area contributed by atoms with Crippen molar-refractivity contribution < 1.29 is 9.90 Å². The van der Waals surface area contributed by atoms with Gasteiger partial charge in [-0.15, -0.1) is 0 Å². The van der Waals surface area contributed by atoms with Gasteiger partial charge in [0.25, 0.3) is 0 Å². The molecular weight excluding hydrogens is 190 g/mol. The molecule has 0 unspecified atom stereocenters. The average molecular weight is 205 g/mol. The molecule has 2 N–H and O–H groups in total. The first-order valence-corrected chi connectivity index (χ1v) is 5.24. The van der Waals surface area contributed by atoms with Crippen LogP contribution in [0.2, 0.25) is 0 Å². The van der Waals surface area contributed by atoms with Crippen LogP contribution in [0.15, 0.2) is 12.1 Å². The quantitative estimate of drug-likeness (QED) is 0.784. The highest BCUT2D eigenvalue weighted by atomic mass is 16.2. The summed E-state index contributed by atoms with van der Waals surface area (Å²) in [7, 11) is 0. The van der Waals surface area contributed by atoms with Crippen molar-refractivity contribution in [3.05, 3.63) is 28.8 Å². The molecule has 1 aliphatic rings. The third-order valence-electron chi connectivity index (χ3n) is 2.93. The molecule has 0 fully saturated rings. The number of carbonyl (C=O) groups excluding carboxylic acids is 1. The molecule has 1 aromatic carbocycles. The van der Waals surface area contributed by atoms with Gasteiger partial charge in [-0.25, -0.2) is 0 Å². The fourth-order valence-electron chi connectivity index (χ4n) is 2.05. The summed E-state index contributed by atoms with van der Waals surface area (Å²) < 4.78 is 0. The van der Waals surface area contributed by atoms with E-state index in [1.54, 1.807) is 0 Å². The van der Waals surface area contributed by atoms with Crippen LogP contribution < -0.4 is 5.32 Å². The third kappa shape index (κ3) is 1.88. The van der Waals surface area contributed by atoms with E-state index in [1.807, 2.05) is 19.1 Å². The summed E-state index contributed by atoms with van der Waals surface area (Å²) in [6.45, 7) is 2.26. The fourth-order valence-corrected chi connectivity index (χ4v) is 2.05. The fraction of sp³-hybridized carbons (Fsp3) is 0.417. The Hall–Kier alpha value is -1.35. The van der Waals surface area contributed by atoms with Crippen molar-refractivity contribution >= 4 is 11.6 Å². The number of nitrogens with one attached hydrogen (secondary N) is 1. The van der Waals surface area contributed by atoms with Crippen LogP contribution in [0.25, 0.3) is 0 Å². The molecule has 15 heavy (non-hydrogen) atoms. The zero-order valence-corrected chi connectivity index (χ0v) is 8.84. The molecule has 0 spiro atoms. The molecule has 0 bridgehead atoms. The number of aliphatic hydroxyl groups excluding tert-OH is 1. The molecule has 0 radical (unpaired) electrons. The van der Waals surface area contributed by atoms with Crippen LogP contribution in [-0.2, 0) is 17.6 Å². The van der Waals surface area contributed by atoms with Crippen molar-refractivity contribution in [2.24, 2.45) is 0 Å². The summed E-state index contributed by atoms with van der Waals surface area (Å²) >= 11 is 0. The van der Waals surface area contributed by atoms with Crippen molar-refractivity contribution in [3.8, 4) is 0 Å². The number of carbonyl (C=O) groups is 1. The first-order chi connectivity index (χ1) is 7.22. The topological polar surface area (TPSA) is 49.3 Å². The smallest absolute Gasteiger partial charge is 0.228 e. The summed E-state index contributed by atoms with van der Waals surface area (Å²) in [5, 5.41) is 11.6. The number of hydrogen-bond donors (Lipinski definition) is 2. The van der Waals surface area contributed by atoms with Crippen molar-refractivity contribution in [1.82, 2.24) is 0 Å². The normalized spacial score (nSPS) is 13.9. The first-order valence-electron chi connectivity index (χ1n) is 5.24. The van der Waals surface area contributed by atoms with Crippen LogP contribution >= 0.6 is 0 Å². The summed E-state index contributed by atoms with van der Waals surface area (Å²) in [6, 6.07) is 4.00. The van der Waals surface area contributed by atoms with E-state index in [2.05, 4.69) is 5.32 Å². The summed E-state index contributed by atoms with van der Waals surface area (Å²) in [6.07, 6.45) is 2.15. The Kier molecular flexibility index (Phi) is 2.73. The van der Waals surface area contributed by atoms with Gasteiger partial charge < -0.3 is 10.4 Å². The number of aryl methyl sites for hydroxylation is 1. The standard InChI is InChI=1S/C12H15NO2/c1-8-9(3-2-6-14)4-5-11-10(8)7-12(15)13-11/h4-5,14H,2-3,6-7H2,1H3,(H,13,15). The zero-order valence-electron chi connectivity index (χ0n) is 8.84. The van der Waals surface area contributed by atoms with E-state index in [-0.39, 0.29) is 12.5 Å². The van der Waals surface area contributed by atoms with Gasteiger partial charge in [-0.1, -0.05) is 6.07 Å². The summed E-state index contributed by atoms with van der Waals surface area (Å²) in [4.78, 5) is 11.2. The van der Waals surface area contributed by atoms with Crippen LogP contribution in [-0.4, -0.2) is 17.6 Å². The molecule has 0 saturated heterocycles. The van der Waals surface area contributed by atoms with Gasteiger partial charge in [-0.2, -0.15) is 0 Å². The van der Waals surface area contributed by atoms with Gasteiger partial charge in [-0.3, -0.25) is 4.79 Å². The molecule has 3 nitrogen and oxygen atoms in total. The minimum Gasteiger partial charge on any atom is -0.396 e. The lowest BCUT2D eigenvalue weighted by molar-refractivity contribution is -0.115. The minimum absolute atomic E-state index is 0.0763. The Morgan fingerprint density at radius 3 is 3.00 bits per heavy atom. The van der Waals surface area contributed by atoms with Crippen LogP contribution in [0, 0.1) is 6.92 Å². The molecule has 0 aliphatic carbocycles. The van der Waals surface area contributed by atoms with Gasteiger partial charge in [-0.05, 0) is 42.5 Å². The second-order valence-electron chi connectivity index (χ2n) is 3.93. The number of benzene rings is 1. The maximum absolute atomic E-state index is 11.2. The van der Waals surface area contributed by atoms with Crippen molar-refractivity contribution in [3.63, 3.8) is 0 Å². The zero-order chi connectivity index (χ0) is 10.8. The molecule has 1 amide bonds. The minimum atomic E-state index is 0.0763. The van der Waals surface area contributed by atoms with Crippen molar-refractivity contribution in [2.75, 3.05) is 11.9 Å². The number of anilines is 1. The Morgan fingerprint density at radius 1 is 1.47 bits per heavy atom. The van der Waals surface area contributed by atoms with E-state index in [9.17, 15) is 4.79 Å². The Morgan fingerprint density at radius 2 is 2.27 bits per heavy atom. The molecular formula is C12H15NO2. The second kappa shape index (κ2) is 4.03. The van der Waals surface area contributed by atoms with Crippen molar-refractivity contribution in [2.45, 2.75) is 26.2 Å². The highest BCUT2D eigenvalue weighted by molar-refractivity contribution is 5.99. The van der Waals surface area contributed by atoms with Crippen LogP contribution in [0.5, 0.6) is 0 Å². The van der Waals surface area contributed by atoms with E-state index in [4.69, 9.17) is 5.11 Å². The van der Waals surface area contributed by atoms with Crippen LogP contribution in [0.1, 0.15) is 23.1 Å². The van der Waals surface area contributed by atoms with Gasteiger partial charge in [0.1, 0.15) is 0 Å². The Balaban J connectivity index is 2.29. The number of hydrogen-bond acceptors (Lipinski definition) is 2. The highest BCUT2D eigenvalue weighted by Crippen LogP contribution is 2.28. The van der Waals surface area contributed by atoms with Gasteiger partial charge >= 0.3 is 0 Å². The van der Waals surface area contributed by atoms with Gasteiger partial charge in [0.2, 0.25) is 5.91 Å². The third-order valence-corrected chi connectivity index (χ3v) is 2.93. The molecule has 1 aliphatic heterocycles. The lowest BCUT2D eigenvalue weighted by Crippen LogP contribution is -2.03. The lowest BCUT2D eigenvalue weighted by Gasteiger charge is -2.09. The maximum Gasteiger partial charge on any atom is 0.228 e. The molecule has 2 rings (SSSR count). The SMILES string of the molecule is Cc1c(CCCO)ccc2c1CC(=O)N2.